The topological polar surface area (TPSA) is 120 Å². The van der Waals surface area contributed by atoms with Crippen LogP contribution in [0.3, 0.4) is 0 Å². The number of ether oxygens (including phenoxy) is 2. The Morgan fingerprint density at radius 2 is 1.83 bits per heavy atom. The minimum Gasteiger partial charge on any atom is -0.465 e. The van der Waals surface area contributed by atoms with Crippen LogP contribution in [0, 0.1) is 0 Å². The molecule has 0 unspecified atom stereocenters. The maximum absolute atomic E-state index is 12.6. The Kier molecular flexibility index (Phi) is 5.77. The fraction of sp³-hybridized carbons (Fsp3) is 0.200. The number of carbonyl (C=O) groups excluding carboxylic acids is 2. The smallest absolute Gasteiger partial charge is 0.465 e. The summed E-state index contributed by atoms with van der Waals surface area (Å²) < 4.78 is 11.3. The third-order valence-electron chi connectivity index (χ3n) is 3.91. The lowest BCUT2D eigenvalue weighted by Gasteiger charge is -2.11. The van der Waals surface area contributed by atoms with Crippen molar-refractivity contribution in [3.8, 4) is 0 Å². The molecule has 9 nitrogen and oxygen atoms in total. The zero-order valence-electron chi connectivity index (χ0n) is 15.8. The van der Waals surface area contributed by atoms with Gasteiger partial charge in [-0.25, -0.2) is 14.6 Å². The van der Waals surface area contributed by atoms with Crippen molar-refractivity contribution in [1.29, 1.82) is 0 Å². The molecule has 0 bridgehead atoms. The van der Waals surface area contributed by atoms with Gasteiger partial charge in [-0.05, 0) is 32.0 Å². The van der Waals surface area contributed by atoms with Gasteiger partial charge < -0.3 is 14.6 Å². The highest BCUT2D eigenvalue weighted by Crippen LogP contribution is 2.23. The molecule has 9 heteroatoms. The molecule has 150 valence electrons. The third kappa shape index (κ3) is 4.70. The van der Waals surface area contributed by atoms with Crippen LogP contribution in [0.25, 0.3) is 11.0 Å². The van der Waals surface area contributed by atoms with Crippen molar-refractivity contribution in [2.75, 3.05) is 5.32 Å². The second kappa shape index (κ2) is 8.42. The molecule has 2 N–H and O–H groups in total. The molecule has 1 heterocycles. The Balaban J connectivity index is 1.93. The molecular weight excluding hydrogens is 378 g/mol. The highest BCUT2D eigenvalue weighted by Gasteiger charge is 2.17. The first kappa shape index (κ1) is 19.9. The number of rotatable bonds is 6. The number of fused-ring (bicyclic) bond motifs is 1. The Morgan fingerprint density at radius 1 is 1.10 bits per heavy atom. The van der Waals surface area contributed by atoms with E-state index in [-0.39, 0.29) is 24.6 Å². The van der Waals surface area contributed by atoms with Gasteiger partial charge in [0.2, 0.25) is 5.95 Å². The molecule has 0 aliphatic rings. The van der Waals surface area contributed by atoms with Crippen LogP contribution in [0.5, 0.6) is 0 Å². The maximum atomic E-state index is 12.6. The van der Waals surface area contributed by atoms with Gasteiger partial charge in [-0.2, -0.15) is 0 Å². The van der Waals surface area contributed by atoms with Crippen LogP contribution >= 0.6 is 0 Å². The number of hydrogen-bond donors (Lipinski definition) is 2. The molecule has 0 aliphatic heterocycles. The van der Waals surface area contributed by atoms with Crippen molar-refractivity contribution < 1.29 is 29.0 Å². The van der Waals surface area contributed by atoms with E-state index in [1.165, 1.54) is 4.57 Å². The number of amides is 1. The Hall–Kier alpha value is -3.88. The Labute approximate surface area is 165 Å². The fourth-order valence-corrected chi connectivity index (χ4v) is 2.69. The van der Waals surface area contributed by atoms with Crippen LogP contribution in [0.2, 0.25) is 0 Å². The van der Waals surface area contributed by atoms with Gasteiger partial charge in [0.25, 0.3) is 0 Å². The average Bonchev–Trinajstić information content (AvgIpc) is 3.01. The van der Waals surface area contributed by atoms with E-state index in [1.807, 2.05) is 6.07 Å². The van der Waals surface area contributed by atoms with Gasteiger partial charge in [0, 0.05) is 11.1 Å². The molecule has 0 saturated carbocycles. The SMILES string of the molecule is CC(C)OC(=O)OCn1c(NC(=O)O)nc2cc(C(=O)c3ccccc3)ccc21. The van der Waals surface area contributed by atoms with Gasteiger partial charge in [0.05, 0.1) is 17.1 Å². The Morgan fingerprint density at radius 3 is 2.48 bits per heavy atom. The fourth-order valence-electron chi connectivity index (χ4n) is 2.69. The molecule has 0 aliphatic carbocycles. The standard InChI is InChI=1S/C20H19N3O6/c1-12(2)29-20(27)28-11-23-16-9-8-14(17(24)13-6-4-3-5-7-13)10-15(16)21-18(23)22-19(25)26/h3-10,12H,11H2,1-2H3,(H,21,22)(H,25,26). The first-order valence-electron chi connectivity index (χ1n) is 8.78. The summed E-state index contributed by atoms with van der Waals surface area (Å²) in [6.07, 6.45) is -2.57. The van der Waals surface area contributed by atoms with Crippen molar-refractivity contribution in [2.24, 2.45) is 0 Å². The quantitative estimate of drug-likeness (QED) is 0.478. The van der Waals surface area contributed by atoms with Crippen LogP contribution in [0.15, 0.2) is 48.5 Å². The van der Waals surface area contributed by atoms with E-state index >= 15 is 0 Å². The van der Waals surface area contributed by atoms with Gasteiger partial charge in [-0.3, -0.25) is 14.7 Å². The van der Waals surface area contributed by atoms with E-state index in [0.29, 0.717) is 22.2 Å². The van der Waals surface area contributed by atoms with E-state index in [2.05, 4.69) is 10.3 Å². The number of ketones is 1. The molecule has 3 aromatic rings. The predicted molar refractivity (Wildman–Crippen MR) is 104 cm³/mol. The zero-order chi connectivity index (χ0) is 21.0. The number of carbonyl (C=O) groups is 3. The number of nitrogens with one attached hydrogen (secondary N) is 1. The van der Waals surface area contributed by atoms with Crippen LogP contribution in [0.4, 0.5) is 15.5 Å². The second-order valence-corrected chi connectivity index (χ2v) is 6.38. The summed E-state index contributed by atoms with van der Waals surface area (Å²) >= 11 is 0. The van der Waals surface area contributed by atoms with E-state index in [9.17, 15) is 14.4 Å². The van der Waals surface area contributed by atoms with Crippen molar-refractivity contribution in [1.82, 2.24) is 9.55 Å². The largest absolute Gasteiger partial charge is 0.510 e. The molecule has 0 fully saturated rings. The van der Waals surface area contributed by atoms with Gasteiger partial charge in [-0.1, -0.05) is 30.3 Å². The molecule has 0 spiro atoms. The van der Waals surface area contributed by atoms with Crippen molar-refractivity contribution in [3.05, 3.63) is 59.7 Å². The number of hydrogen-bond acceptors (Lipinski definition) is 6. The normalized spacial score (nSPS) is 10.7. The summed E-state index contributed by atoms with van der Waals surface area (Å²) in [4.78, 5) is 39.6. The molecule has 0 atom stereocenters. The lowest BCUT2D eigenvalue weighted by atomic mass is 10.0. The highest BCUT2D eigenvalue weighted by molar-refractivity contribution is 6.10. The molecule has 1 amide bonds. The van der Waals surface area contributed by atoms with Crippen LogP contribution in [-0.4, -0.2) is 38.8 Å². The van der Waals surface area contributed by atoms with E-state index in [1.54, 1.807) is 56.3 Å². The van der Waals surface area contributed by atoms with Crippen molar-refractivity contribution in [2.45, 2.75) is 26.7 Å². The van der Waals surface area contributed by atoms with Crippen LogP contribution in [-0.2, 0) is 16.2 Å². The molecule has 2 aromatic carbocycles. The van der Waals surface area contributed by atoms with Gasteiger partial charge >= 0.3 is 12.2 Å². The number of benzene rings is 2. The number of nitrogens with zero attached hydrogens (tertiary/aromatic N) is 2. The molecule has 29 heavy (non-hydrogen) atoms. The molecule has 0 saturated heterocycles. The summed E-state index contributed by atoms with van der Waals surface area (Å²) in [6.45, 7) is 3.04. The lowest BCUT2D eigenvalue weighted by molar-refractivity contribution is 0.0174. The minimum absolute atomic E-state index is 0.0471. The first-order chi connectivity index (χ1) is 13.8. The van der Waals surface area contributed by atoms with Crippen LogP contribution in [0.1, 0.15) is 29.8 Å². The lowest BCUT2D eigenvalue weighted by Crippen LogP contribution is -2.18. The molecular formula is C20H19N3O6. The first-order valence-corrected chi connectivity index (χ1v) is 8.78. The number of aromatic nitrogens is 2. The predicted octanol–water partition coefficient (Wildman–Crippen LogP) is 3.88. The van der Waals surface area contributed by atoms with E-state index in [0.717, 1.165) is 0 Å². The zero-order valence-corrected chi connectivity index (χ0v) is 15.8. The van der Waals surface area contributed by atoms with E-state index < -0.39 is 12.2 Å². The molecule has 1 aromatic heterocycles. The van der Waals surface area contributed by atoms with Crippen LogP contribution < -0.4 is 5.32 Å². The molecule has 3 rings (SSSR count). The second-order valence-electron chi connectivity index (χ2n) is 6.38. The molecule has 0 radical (unpaired) electrons. The number of anilines is 1. The van der Waals surface area contributed by atoms with E-state index in [4.69, 9.17) is 14.6 Å². The van der Waals surface area contributed by atoms with Crippen molar-refractivity contribution in [3.63, 3.8) is 0 Å². The maximum Gasteiger partial charge on any atom is 0.510 e. The Bertz CT molecular complexity index is 1060. The summed E-state index contributed by atoms with van der Waals surface area (Å²) in [7, 11) is 0. The van der Waals surface area contributed by atoms with Gasteiger partial charge in [0.1, 0.15) is 0 Å². The summed E-state index contributed by atoms with van der Waals surface area (Å²) in [5.74, 6) is -0.235. The highest BCUT2D eigenvalue weighted by atomic mass is 16.7. The van der Waals surface area contributed by atoms with Crippen molar-refractivity contribution >= 4 is 35.0 Å². The number of carboxylic acid groups (broad SMARTS) is 1. The van der Waals surface area contributed by atoms with Gasteiger partial charge in [-0.15, -0.1) is 0 Å². The number of imidazole rings is 1. The third-order valence-corrected chi connectivity index (χ3v) is 3.91. The average molecular weight is 397 g/mol. The summed E-state index contributed by atoms with van der Waals surface area (Å²) in [5.41, 5.74) is 1.78. The summed E-state index contributed by atoms with van der Waals surface area (Å²) in [6, 6.07) is 13.5. The summed E-state index contributed by atoms with van der Waals surface area (Å²) in [5, 5.41) is 11.2. The monoisotopic (exact) mass is 397 g/mol. The van der Waals surface area contributed by atoms with Gasteiger partial charge in [0.15, 0.2) is 12.5 Å². The minimum atomic E-state index is -1.33.